The topological polar surface area (TPSA) is 49.2 Å². The molecule has 2 heterocycles. The van der Waals surface area contributed by atoms with Gasteiger partial charge in [0.15, 0.2) is 0 Å². The van der Waals surface area contributed by atoms with Crippen LogP contribution in [-0.2, 0) is 5.54 Å². The SMILES string of the molecule is COc1nc(Cl)cc2c1c(OC)nn2C(c1ccccc1)(c1ccccc1)c1ccccc1. The van der Waals surface area contributed by atoms with Crippen LogP contribution in [0.1, 0.15) is 16.7 Å². The molecule has 0 amide bonds. The zero-order valence-corrected chi connectivity index (χ0v) is 19.0. The van der Waals surface area contributed by atoms with E-state index in [1.807, 2.05) is 59.3 Å². The van der Waals surface area contributed by atoms with Gasteiger partial charge in [0.1, 0.15) is 16.1 Å². The molecule has 5 rings (SSSR count). The van der Waals surface area contributed by atoms with Crippen LogP contribution < -0.4 is 9.47 Å². The van der Waals surface area contributed by atoms with Gasteiger partial charge in [0, 0.05) is 6.07 Å². The van der Waals surface area contributed by atoms with Gasteiger partial charge in [0.25, 0.3) is 0 Å². The highest BCUT2D eigenvalue weighted by molar-refractivity contribution is 6.30. The summed E-state index contributed by atoms with van der Waals surface area (Å²) < 4.78 is 13.2. The van der Waals surface area contributed by atoms with E-state index in [-0.39, 0.29) is 0 Å². The van der Waals surface area contributed by atoms with Crippen LogP contribution in [0, 0.1) is 0 Å². The molecule has 0 radical (unpaired) electrons. The lowest BCUT2D eigenvalue weighted by molar-refractivity contribution is 0.374. The first-order chi connectivity index (χ1) is 16.2. The maximum Gasteiger partial charge on any atom is 0.246 e. The lowest BCUT2D eigenvalue weighted by Crippen LogP contribution is -2.38. The lowest BCUT2D eigenvalue weighted by Gasteiger charge is -2.36. The molecule has 0 aliphatic heterocycles. The molecule has 0 atom stereocenters. The van der Waals surface area contributed by atoms with E-state index >= 15 is 0 Å². The molecule has 164 valence electrons. The Bertz CT molecular complexity index is 1290. The molecule has 3 aromatic carbocycles. The van der Waals surface area contributed by atoms with Crippen molar-refractivity contribution >= 4 is 22.5 Å². The van der Waals surface area contributed by atoms with Crippen molar-refractivity contribution in [2.75, 3.05) is 14.2 Å². The van der Waals surface area contributed by atoms with Crippen molar-refractivity contribution in [1.82, 2.24) is 14.8 Å². The number of methoxy groups -OCH3 is 2. The Morgan fingerprint density at radius 1 is 0.697 bits per heavy atom. The van der Waals surface area contributed by atoms with E-state index in [4.69, 9.17) is 26.2 Å². The number of halogens is 1. The van der Waals surface area contributed by atoms with E-state index in [0.29, 0.717) is 22.3 Å². The minimum absolute atomic E-state index is 0.311. The Hall–Kier alpha value is -3.83. The predicted octanol–water partition coefficient (Wildman–Crippen LogP) is 5.94. The fraction of sp³-hybridized carbons (Fsp3) is 0.111. The number of hydrogen-bond donors (Lipinski definition) is 0. The molecule has 0 fully saturated rings. The zero-order chi connectivity index (χ0) is 22.8. The van der Waals surface area contributed by atoms with Crippen LogP contribution in [0.3, 0.4) is 0 Å². The van der Waals surface area contributed by atoms with E-state index in [2.05, 4.69) is 41.4 Å². The van der Waals surface area contributed by atoms with Crippen molar-refractivity contribution in [2.45, 2.75) is 5.54 Å². The first kappa shape index (κ1) is 21.0. The van der Waals surface area contributed by atoms with Crippen LogP contribution in [-0.4, -0.2) is 29.0 Å². The number of nitrogens with zero attached hydrogens (tertiary/aromatic N) is 3. The predicted molar refractivity (Wildman–Crippen MR) is 130 cm³/mol. The highest BCUT2D eigenvalue weighted by atomic mass is 35.5. The molecule has 5 aromatic rings. The maximum atomic E-state index is 6.44. The number of rotatable bonds is 6. The Kier molecular flexibility index (Phi) is 5.48. The molecule has 0 spiro atoms. The van der Waals surface area contributed by atoms with Gasteiger partial charge in [-0.1, -0.05) is 103 Å². The second-order valence-corrected chi connectivity index (χ2v) is 7.97. The second kappa shape index (κ2) is 8.60. The van der Waals surface area contributed by atoms with E-state index in [0.717, 1.165) is 22.2 Å². The average Bonchev–Trinajstić information content (AvgIpc) is 3.25. The van der Waals surface area contributed by atoms with E-state index in [1.54, 1.807) is 20.3 Å². The van der Waals surface area contributed by atoms with Crippen molar-refractivity contribution in [2.24, 2.45) is 0 Å². The van der Waals surface area contributed by atoms with Gasteiger partial charge in [0.2, 0.25) is 11.8 Å². The summed E-state index contributed by atoms with van der Waals surface area (Å²) in [6.45, 7) is 0. The molecule has 6 heteroatoms. The number of aromatic nitrogens is 3. The number of ether oxygens (including phenoxy) is 2. The monoisotopic (exact) mass is 455 g/mol. The van der Waals surface area contributed by atoms with Crippen molar-refractivity contribution in [3.8, 4) is 11.8 Å². The lowest BCUT2D eigenvalue weighted by atomic mass is 9.77. The molecule has 0 saturated heterocycles. The quantitative estimate of drug-likeness (QED) is 0.235. The summed E-state index contributed by atoms with van der Waals surface area (Å²) in [6, 6.07) is 32.7. The summed E-state index contributed by atoms with van der Waals surface area (Å²) in [7, 11) is 3.16. The van der Waals surface area contributed by atoms with Gasteiger partial charge >= 0.3 is 0 Å². The largest absolute Gasteiger partial charge is 0.480 e. The standard InChI is InChI=1S/C27H22ClN3O2/c1-32-25-24-22(18-23(28)29-25)31(30-26(24)33-2)27(19-12-6-3-7-13-19,20-14-8-4-9-15-20)21-16-10-5-11-17-21/h3-18H,1-2H3. The molecule has 2 aromatic heterocycles. The van der Waals surface area contributed by atoms with Crippen LogP contribution in [0.4, 0.5) is 0 Å². The zero-order valence-electron chi connectivity index (χ0n) is 18.3. The number of pyridine rings is 1. The number of fused-ring (bicyclic) bond motifs is 1. The van der Waals surface area contributed by atoms with Crippen molar-refractivity contribution in [1.29, 1.82) is 0 Å². The van der Waals surface area contributed by atoms with Crippen LogP contribution >= 0.6 is 11.6 Å². The molecule has 0 aliphatic rings. The third-order valence-corrected chi connectivity index (χ3v) is 6.04. The fourth-order valence-corrected chi connectivity index (χ4v) is 4.67. The van der Waals surface area contributed by atoms with Gasteiger partial charge in [-0.3, -0.25) is 0 Å². The summed E-state index contributed by atoms with van der Waals surface area (Å²) in [5.74, 6) is 0.780. The van der Waals surface area contributed by atoms with Crippen molar-refractivity contribution in [3.63, 3.8) is 0 Å². The number of hydrogen-bond acceptors (Lipinski definition) is 4. The molecule has 0 bridgehead atoms. The van der Waals surface area contributed by atoms with Crippen molar-refractivity contribution < 1.29 is 9.47 Å². The molecule has 33 heavy (non-hydrogen) atoms. The first-order valence-corrected chi connectivity index (χ1v) is 10.9. The summed E-state index contributed by atoms with van der Waals surface area (Å²) in [6.07, 6.45) is 0. The number of benzene rings is 3. The van der Waals surface area contributed by atoms with Crippen LogP contribution in [0.25, 0.3) is 10.9 Å². The van der Waals surface area contributed by atoms with E-state index in [9.17, 15) is 0 Å². The van der Waals surface area contributed by atoms with Gasteiger partial charge in [-0.25, -0.2) is 9.67 Å². The minimum Gasteiger partial charge on any atom is -0.480 e. The molecule has 5 nitrogen and oxygen atoms in total. The third kappa shape index (κ3) is 3.33. The normalized spacial score (nSPS) is 11.5. The average molecular weight is 456 g/mol. The van der Waals surface area contributed by atoms with Crippen LogP contribution in [0.15, 0.2) is 97.1 Å². The molecular weight excluding hydrogens is 434 g/mol. The van der Waals surface area contributed by atoms with Gasteiger partial charge in [-0.15, -0.1) is 5.10 Å². The molecule has 0 N–H and O–H groups in total. The Labute approximate surface area is 197 Å². The summed E-state index contributed by atoms with van der Waals surface area (Å²) in [5.41, 5.74) is 3.07. The fourth-order valence-electron chi connectivity index (χ4n) is 4.49. The summed E-state index contributed by atoms with van der Waals surface area (Å²) in [4.78, 5) is 4.35. The van der Waals surface area contributed by atoms with E-state index in [1.165, 1.54) is 0 Å². The van der Waals surface area contributed by atoms with Crippen molar-refractivity contribution in [3.05, 3.63) is 119 Å². The van der Waals surface area contributed by atoms with E-state index < -0.39 is 5.54 Å². The molecule has 0 unspecified atom stereocenters. The molecule has 0 saturated carbocycles. The first-order valence-electron chi connectivity index (χ1n) is 10.5. The summed E-state index contributed by atoms with van der Waals surface area (Å²) >= 11 is 6.44. The third-order valence-electron chi connectivity index (χ3n) is 5.85. The Balaban J connectivity index is 2.01. The van der Waals surface area contributed by atoms with Gasteiger partial charge in [-0.2, -0.15) is 0 Å². The minimum atomic E-state index is -0.811. The highest BCUT2D eigenvalue weighted by Gasteiger charge is 2.41. The Morgan fingerprint density at radius 2 is 1.15 bits per heavy atom. The van der Waals surface area contributed by atoms with Crippen LogP contribution in [0.5, 0.6) is 11.8 Å². The van der Waals surface area contributed by atoms with Gasteiger partial charge < -0.3 is 9.47 Å². The Morgan fingerprint density at radius 3 is 1.58 bits per heavy atom. The molecule has 0 aliphatic carbocycles. The smallest absolute Gasteiger partial charge is 0.246 e. The van der Waals surface area contributed by atoms with Gasteiger partial charge in [-0.05, 0) is 16.7 Å². The second-order valence-electron chi connectivity index (χ2n) is 7.58. The van der Waals surface area contributed by atoms with Crippen LogP contribution in [0.2, 0.25) is 5.15 Å². The van der Waals surface area contributed by atoms with Gasteiger partial charge in [0.05, 0.1) is 19.7 Å². The highest BCUT2D eigenvalue weighted by Crippen LogP contribution is 2.45. The maximum absolute atomic E-state index is 6.44. The summed E-state index contributed by atoms with van der Waals surface area (Å²) in [5, 5.41) is 5.95. The molecular formula is C27H22ClN3O2.